The summed E-state index contributed by atoms with van der Waals surface area (Å²) in [5.74, 6) is 0.246. The van der Waals surface area contributed by atoms with Gasteiger partial charge in [0.25, 0.3) is 0 Å². The molecule has 0 saturated carbocycles. The zero-order chi connectivity index (χ0) is 18.8. The minimum Gasteiger partial charge on any atom is -0.497 e. The van der Waals surface area contributed by atoms with Crippen molar-refractivity contribution >= 4 is 38.3 Å². The molecule has 5 nitrogen and oxygen atoms in total. The smallest absolute Gasteiger partial charge is 0.229 e. The van der Waals surface area contributed by atoms with Crippen LogP contribution < -0.4 is 15.0 Å². The van der Waals surface area contributed by atoms with E-state index in [0.29, 0.717) is 17.8 Å². The Morgan fingerprint density at radius 3 is 3.00 bits per heavy atom. The Bertz CT molecular complexity index is 975. The predicted molar refractivity (Wildman–Crippen MR) is 106 cm³/mol. The predicted octanol–water partition coefficient (Wildman–Crippen LogP) is 4.30. The van der Waals surface area contributed by atoms with Gasteiger partial charge in [-0.25, -0.2) is 9.37 Å². The summed E-state index contributed by atoms with van der Waals surface area (Å²) in [5.41, 5.74) is 1.12. The monoisotopic (exact) mass is 385 g/mol. The molecule has 27 heavy (non-hydrogen) atoms. The molecular weight excluding hydrogens is 365 g/mol. The highest BCUT2D eigenvalue weighted by atomic mass is 32.1. The standard InChI is InChI=1S/C20H20FN3O2S/c1-26-15-7-2-6-14(11-15)22-19(25)13-5-4-10-24(12-13)20-23-18-16(21)8-3-9-17(18)27-20/h2-3,6-9,11,13H,4-5,10,12H2,1H3,(H,22,25). The number of para-hydroxylation sites is 1. The molecule has 1 N–H and O–H groups in total. The number of piperidine rings is 1. The summed E-state index contributed by atoms with van der Waals surface area (Å²) < 4.78 is 20.0. The molecular formula is C20H20FN3O2S. The van der Waals surface area contributed by atoms with Gasteiger partial charge in [-0.1, -0.05) is 23.5 Å². The Morgan fingerprint density at radius 2 is 2.19 bits per heavy atom. The van der Waals surface area contributed by atoms with Crippen LogP contribution in [0.15, 0.2) is 42.5 Å². The third kappa shape index (κ3) is 3.73. The van der Waals surface area contributed by atoms with Gasteiger partial charge in [0, 0.05) is 24.8 Å². The zero-order valence-corrected chi connectivity index (χ0v) is 15.8. The van der Waals surface area contributed by atoms with Crippen molar-refractivity contribution < 1.29 is 13.9 Å². The van der Waals surface area contributed by atoms with Gasteiger partial charge in [0.15, 0.2) is 5.13 Å². The van der Waals surface area contributed by atoms with E-state index in [4.69, 9.17) is 4.74 Å². The van der Waals surface area contributed by atoms with Gasteiger partial charge >= 0.3 is 0 Å². The number of rotatable bonds is 4. The summed E-state index contributed by atoms with van der Waals surface area (Å²) in [6.07, 6.45) is 1.72. The maximum Gasteiger partial charge on any atom is 0.229 e. The molecule has 1 amide bonds. The molecule has 1 unspecified atom stereocenters. The van der Waals surface area contributed by atoms with Crippen molar-refractivity contribution in [3.05, 3.63) is 48.3 Å². The van der Waals surface area contributed by atoms with Crippen LogP contribution in [0.2, 0.25) is 0 Å². The molecule has 7 heteroatoms. The summed E-state index contributed by atoms with van der Waals surface area (Å²) in [6, 6.07) is 12.3. The number of methoxy groups -OCH3 is 1. The largest absolute Gasteiger partial charge is 0.497 e. The first-order valence-corrected chi connectivity index (χ1v) is 9.70. The summed E-state index contributed by atoms with van der Waals surface area (Å²) in [7, 11) is 1.60. The number of hydrogen-bond donors (Lipinski definition) is 1. The minimum atomic E-state index is -0.306. The number of carbonyl (C=O) groups excluding carboxylic acids is 1. The fourth-order valence-electron chi connectivity index (χ4n) is 3.35. The van der Waals surface area contributed by atoms with E-state index < -0.39 is 0 Å². The minimum absolute atomic E-state index is 0.0137. The average molecular weight is 385 g/mol. The highest BCUT2D eigenvalue weighted by Gasteiger charge is 2.27. The lowest BCUT2D eigenvalue weighted by Gasteiger charge is -2.31. The number of halogens is 1. The van der Waals surface area contributed by atoms with Crippen LogP contribution in [-0.2, 0) is 4.79 Å². The summed E-state index contributed by atoms with van der Waals surface area (Å²) >= 11 is 1.47. The van der Waals surface area contributed by atoms with E-state index in [1.54, 1.807) is 19.2 Å². The lowest BCUT2D eigenvalue weighted by atomic mass is 9.97. The van der Waals surface area contributed by atoms with Crippen LogP contribution in [-0.4, -0.2) is 31.1 Å². The van der Waals surface area contributed by atoms with Crippen molar-refractivity contribution in [2.75, 3.05) is 30.4 Å². The summed E-state index contributed by atoms with van der Waals surface area (Å²) in [5, 5.41) is 3.74. The molecule has 0 aliphatic carbocycles. The normalized spacial score (nSPS) is 17.1. The van der Waals surface area contributed by atoms with Gasteiger partial charge in [0.1, 0.15) is 17.1 Å². The number of benzene rings is 2. The van der Waals surface area contributed by atoms with Crippen molar-refractivity contribution in [3.63, 3.8) is 0 Å². The van der Waals surface area contributed by atoms with Gasteiger partial charge in [-0.15, -0.1) is 0 Å². The summed E-state index contributed by atoms with van der Waals surface area (Å²) in [6.45, 7) is 1.40. The number of thiazole rings is 1. The van der Waals surface area contributed by atoms with E-state index in [0.717, 1.165) is 34.9 Å². The second-order valence-corrected chi connectivity index (χ2v) is 7.60. The molecule has 0 radical (unpaired) electrons. The van der Waals surface area contributed by atoms with Crippen LogP contribution in [0.5, 0.6) is 5.75 Å². The second-order valence-electron chi connectivity index (χ2n) is 6.59. The maximum atomic E-state index is 13.9. The fourth-order valence-corrected chi connectivity index (χ4v) is 4.36. The molecule has 3 aromatic rings. The second kappa shape index (κ2) is 7.52. The number of fused-ring (bicyclic) bond motifs is 1. The molecule has 140 valence electrons. The SMILES string of the molecule is COc1cccc(NC(=O)C2CCCN(c3nc4c(F)cccc4s3)C2)c1. The summed E-state index contributed by atoms with van der Waals surface area (Å²) in [4.78, 5) is 19.3. The van der Waals surface area contributed by atoms with Crippen LogP contribution in [0.1, 0.15) is 12.8 Å². The molecule has 4 rings (SSSR count). The van der Waals surface area contributed by atoms with E-state index in [9.17, 15) is 9.18 Å². The van der Waals surface area contributed by atoms with Gasteiger partial charge in [0.2, 0.25) is 5.91 Å². The van der Waals surface area contributed by atoms with Gasteiger partial charge < -0.3 is 15.0 Å². The molecule has 2 heterocycles. The quantitative estimate of drug-likeness (QED) is 0.728. The highest BCUT2D eigenvalue weighted by Crippen LogP contribution is 2.33. The number of amides is 1. The van der Waals surface area contributed by atoms with Crippen molar-refractivity contribution in [2.45, 2.75) is 12.8 Å². The number of ether oxygens (including phenoxy) is 1. The molecule has 1 atom stereocenters. The van der Waals surface area contributed by atoms with E-state index in [-0.39, 0.29) is 17.6 Å². The zero-order valence-electron chi connectivity index (χ0n) is 14.9. The number of aromatic nitrogens is 1. The Labute approximate surface area is 160 Å². The molecule has 1 saturated heterocycles. The topological polar surface area (TPSA) is 54.5 Å². The van der Waals surface area contributed by atoms with Crippen LogP contribution in [0.25, 0.3) is 10.2 Å². The van der Waals surface area contributed by atoms with E-state index >= 15 is 0 Å². The third-order valence-electron chi connectivity index (χ3n) is 4.76. The molecule has 1 aromatic heterocycles. The number of nitrogens with one attached hydrogen (secondary N) is 1. The van der Waals surface area contributed by atoms with E-state index in [2.05, 4.69) is 15.2 Å². The van der Waals surface area contributed by atoms with Crippen molar-refractivity contribution in [3.8, 4) is 5.75 Å². The van der Waals surface area contributed by atoms with E-state index in [1.165, 1.54) is 17.4 Å². The van der Waals surface area contributed by atoms with Crippen LogP contribution in [0.4, 0.5) is 15.2 Å². The van der Waals surface area contributed by atoms with Crippen molar-refractivity contribution in [2.24, 2.45) is 5.92 Å². The van der Waals surface area contributed by atoms with Crippen molar-refractivity contribution in [1.82, 2.24) is 4.98 Å². The van der Waals surface area contributed by atoms with Crippen LogP contribution in [0, 0.1) is 11.7 Å². The Hall–Kier alpha value is -2.67. The Balaban J connectivity index is 1.48. The first-order valence-electron chi connectivity index (χ1n) is 8.89. The third-order valence-corrected chi connectivity index (χ3v) is 5.84. The lowest BCUT2D eigenvalue weighted by Crippen LogP contribution is -2.40. The number of anilines is 2. The van der Waals surface area contributed by atoms with Crippen LogP contribution >= 0.6 is 11.3 Å². The first-order chi connectivity index (χ1) is 13.1. The average Bonchev–Trinajstić information content (AvgIpc) is 3.14. The molecule has 0 bridgehead atoms. The molecule has 2 aromatic carbocycles. The van der Waals surface area contributed by atoms with Gasteiger partial charge in [0.05, 0.1) is 17.7 Å². The van der Waals surface area contributed by atoms with E-state index in [1.807, 2.05) is 24.3 Å². The van der Waals surface area contributed by atoms with Crippen molar-refractivity contribution in [1.29, 1.82) is 0 Å². The molecule has 0 spiro atoms. The number of nitrogens with zero attached hydrogens (tertiary/aromatic N) is 2. The Morgan fingerprint density at radius 1 is 1.33 bits per heavy atom. The van der Waals surface area contributed by atoms with Gasteiger partial charge in [-0.05, 0) is 37.1 Å². The first kappa shape index (κ1) is 17.7. The molecule has 1 aliphatic rings. The lowest BCUT2D eigenvalue weighted by molar-refractivity contribution is -0.120. The molecule has 1 fully saturated rings. The Kier molecular flexibility index (Phi) is 4.94. The van der Waals surface area contributed by atoms with Gasteiger partial charge in [-0.3, -0.25) is 4.79 Å². The highest BCUT2D eigenvalue weighted by molar-refractivity contribution is 7.22. The number of hydrogen-bond acceptors (Lipinski definition) is 5. The van der Waals surface area contributed by atoms with Gasteiger partial charge in [-0.2, -0.15) is 0 Å². The maximum absolute atomic E-state index is 13.9. The number of carbonyl (C=O) groups is 1. The molecule has 1 aliphatic heterocycles. The fraction of sp³-hybridized carbons (Fsp3) is 0.300. The van der Waals surface area contributed by atoms with Crippen LogP contribution in [0.3, 0.4) is 0 Å².